The Morgan fingerprint density at radius 1 is 0.773 bits per heavy atom. The Labute approximate surface area is 264 Å². The van der Waals surface area contributed by atoms with Gasteiger partial charge in [0.05, 0.1) is 0 Å². The molecule has 0 aliphatic carbocycles. The maximum absolute atomic E-state index is 4.45. The van der Waals surface area contributed by atoms with E-state index in [1.54, 1.807) is 6.08 Å². The predicted molar refractivity (Wildman–Crippen MR) is 198 cm³/mol. The minimum absolute atomic E-state index is 0.752. The van der Waals surface area contributed by atoms with Crippen LogP contribution in [-0.2, 0) is 6.42 Å². The van der Waals surface area contributed by atoms with Crippen molar-refractivity contribution in [2.75, 3.05) is 0 Å². The van der Waals surface area contributed by atoms with E-state index in [1.165, 1.54) is 50.1 Å². The van der Waals surface area contributed by atoms with Crippen LogP contribution in [0.5, 0.6) is 0 Å². The minimum atomic E-state index is 0.752. The van der Waals surface area contributed by atoms with E-state index in [2.05, 4.69) is 154 Å². The van der Waals surface area contributed by atoms with Gasteiger partial charge in [0.2, 0.25) is 0 Å². The molecule has 5 rings (SSSR count). The molecule has 1 aliphatic heterocycles. The van der Waals surface area contributed by atoms with Gasteiger partial charge in [-0.1, -0.05) is 141 Å². The van der Waals surface area contributed by atoms with E-state index >= 15 is 0 Å². The molecule has 0 amide bonds. The molecule has 4 aromatic carbocycles. The first kappa shape index (κ1) is 30.3. The average Bonchev–Trinajstić information content (AvgIpc) is 3.17. The van der Waals surface area contributed by atoms with Gasteiger partial charge in [-0.05, 0) is 105 Å². The fourth-order valence-corrected chi connectivity index (χ4v) is 5.82. The van der Waals surface area contributed by atoms with Crippen LogP contribution in [0.1, 0.15) is 34.7 Å². The monoisotopic (exact) mass is 566 g/mol. The molecule has 1 heterocycles. The molecule has 1 aliphatic rings. The topological polar surface area (TPSA) is 0 Å². The van der Waals surface area contributed by atoms with E-state index in [0.29, 0.717) is 0 Å². The van der Waals surface area contributed by atoms with Gasteiger partial charge in [-0.25, -0.2) is 0 Å². The van der Waals surface area contributed by atoms with Gasteiger partial charge < -0.3 is 0 Å². The lowest BCUT2D eigenvalue weighted by Crippen LogP contribution is -1.98. The molecule has 0 aromatic heterocycles. The van der Waals surface area contributed by atoms with Gasteiger partial charge in [-0.3, -0.25) is 0 Å². The van der Waals surface area contributed by atoms with E-state index in [9.17, 15) is 0 Å². The van der Waals surface area contributed by atoms with E-state index in [4.69, 9.17) is 0 Å². The average molecular weight is 567 g/mol. The third-order valence-corrected chi connectivity index (χ3v) is 7.99. The highest BCUT2D eigenvalue weighted by Gasteiger charge is 2.15. The summed E-state index contributed by atoms with van der Waals surface area (Å²) >= 11 is 0. The fourth-order valence-electron chi connectivity index (χ4n) is 5.82. The summed E-state index contributed by atoms with van der Waals surface area (Å²) in [5, 5.41) is 0. The summed E-state index contributed by atoms with van der Waals surface area (Å²) in [5.74, 6) is 2.29. The maximum atomic E-state index is 4.45. The van der Waals surface area contributed by atoms with Crippen molar-refractivity contribution >= 4 is 30.6 Å². The Bertz CT molecular complexity index is 1820. The van der Waals surface area contributed by atoms with Crippen molar-refractivity contribution in [3.63, 3.8) is 0 Å². The molecule has 0 unspecified atom stereocenters. The van der Waals surface area contributed by atoms with Gasteiger partial charge in [-0.2, -0.15) is 0 Å². The Balaban J connectivity index is 1.68. The molecule has 0 saturated carbocycles. The first-order valence-electron chi connectivity index (χ1n) is 15.3. The molecular formula is C43H39B. The van der Waals surface area contributed by atoms with Crippen molar-refractivity contribution in [3.05, 3.63) is 193 Å². The smallest absolute Gasteiger partial charge is 0.118 e. The molecule has 0 atom stereocenters. The van der Waals surface area contributed by atoms with Crippen molar-refractivity contribution in [1.29, 1.82) is 0 Å². The second-order valence-electron chi connectivity index (χ2n) is 11.0. The third-order valence-electron chi connectivity index (χ3n) is 7.99. The lowest BCUT2D eigenvalue weighted by molar-refractivity contribution is 1.26. The molecule has 0 nitrogen and oxygen atoms in total. The lowest BCUT2D eigenvalue weighted by atomic mass is 9.70. The van der Waals surface area contributed by atoms with Crippen LogP contribution in [0.15, 0.2) is 165 Å². The Morgan fingerprint density at radius 2 is 1.52 bits per heavy atom. The normalized spacial score (nSPS) is 15.4. The first-order valence-corrected chi connectivity index (χ1v) is 15.3. The fraction of sp³-hybridized carbons (Fsp3) is 0.0698. The van der Waals surface area contributed by atoms with Gasteiger partial charge in [0, 0.05) is 0 Å². The molecule has 0 bridgehead atoms. The Kier molecular flexibility index (Phi) is 10.2. The van der Waals surface area contributed by atoms with Crippen molar-refractivity contribution in [2.24, 2.45) is 0 Å². The third kappa shape index (κ3) is 7.08. The highest BCUT2D eigenvalue weighted by atomic mass is 14.2. The molecule has 4 aromatic rings. The van der Waals surface area contributed by atoms with Crippen LogP contribution < -0.4 is 0 Å². The highest BCUT2D eigenvalue weighted by Crippen LogP contribution is 2.37. The number of rotatable bonds is 9. The van der Waals surface area contributed by atoms with Crippen LogP contribution in [0.25, 0.3) is 45.6 Å². The molecule has 214 valence electrons. The largest absolute Gasteiger partial charge is 0.152 e. The van der Waals surface area contributed by atoms with Crippen molar-refractivity contribution in [2.45, 2.75) is 19.7 Å². The van der Waals surface area contributed by atoms with Gasteiger partial charge in [-0.15, -0.1) is 12.6 Å². The maximum Gasteiger partial charge on any atom is 0.152 e. The zero-order chi connectivity index (χ0) is 30.7. The summed E-state index contributed by atoms with van der Waals surface area (Å²) in [6.07, 6.45) is 20.7. The summed E-state index contributed by atoms with van der Waals surface area (Å²) in [4.78, 5) is 0. The summed E-state index contributed by atoms with van der Waals surface area (Å²) < 4.78 is 0. The van der Waals surface area contributed by atoms with E-state index in [-0.39, 0.29) is 0 Å². The molecule has 0 saturated heterocycles. The highest BCUT2D eigenvalue weighted by molar-refractivity contribution is 6.44. The van der Waals surface area contributed by atoms with Crippen LogP contribution in [0.3, 0.4) is 0 Å². The summed E-state index contributed by atoms with van der Waals surface area (Å²) in [6, 6.07) is 32.7. The van der Waals surface area contributed by atoms with Crippen molar-refractivity contribution < 1.29 is 0 Å². The second kappa shape index (κ2) is 14.9. The number of fused-ring (bicyclic) bond motifs is 1. The van der Waals surface area contributed by atoms with Gasteiger partial charge in [0.25, 0.3) is 0 Å². The SMILES string of the molecule is C=C/C=C\C(=C)c1cc(-c2cccc(C(/C=C\C)=C3/C=C/c4ccccc4/C=C/BC3)c2)cc(-c2ccccc2)c1CC=C. The number of benzene rings is 4. The Morgan fingerprint density at radius 3 is 2.27 bits per heavy atom. The second-order valence-corrected chi connectivity index (χ2v) is 11.0. The zero-order valence-electron chi connectivity index (χ0n) is 25.7. The quantitative estimate of drug-likeness (QED) is 0.107. The molecule has 44 heavy (non-hydrogen) atoms. The summed E-state index contributed by atoms with van der Waals surface area (Å²) in [6.45, 7) is 14.5. The molecular weight excluding hydrogens is 527 g/mol. The Hall–Kier alpha value is -5.14. The van der Waals surface area contributed by atoms with Crippen LogP contribution >= 0.6 is 0 Å². The molecule has 0 spiro atoms. The zero-order valence-corrected chi connectivity index (χ0v) is 25.7. The van der Waals surface area contributed by atoms with Gasteiger partial charge in [0.1, 0.15) is 0 Å². The van der Waals surface area contributed by atoms with Crippen LogP contribution in [0.2, 0.25) is 6.32 Å². The van der Waals surface area contributed by atoms with Gasteiger partial charge >= 0.3 is 0 Å². The van der Waals surface area contributed by atoms with E-state index in [0.717, 1.165) is 36.7 Å². The van der Waals surface area contributed by atoms with Crippen molar-refractivity contribution in [1.82, 2.24) is 0 Å². The predicted octanol–water partition coefficient (Wildman–Crippen LogP) is 11.4. The summed E-state index contributed by atoms with van der Waals surface area (Å²) in [7, 11) is 0.990. The number of hydrogen-bond donors (Lipinski definition) is 0. The van der Waals surface area contributed by atoms with Crippen LogP contribution in [0.4, 0.5) is 0 Å². The molecule has 0 fully saturated rings. The lowest BCUT2D eigenvalue weighted by Gasteiger charge is -2.18. The number of hydrogen-bond acceptors (Lipinski definition) is 0. The van der Waals surface area contributed by atoms with Crippen molar-refractivity contribution in [3.8, 4) is 22.3 Å². The number of allylic oxidation sites excluding steroid dienone is 10. The molecule has 0 N–H and O–H groups in total. The van der Waals surface area contributed by atoms with Gasteiger partial charge in [0.15, 0.2) is 7.28 Å². The van der Waals surface area contributed by atoms with Crippen LogP contribution in [0, 0.1) is 0 Å². The van der Waals surface area contributed by atoms with E-state index < -0.39 is 0 Å². The molecule has 1 heteroatoms. The molecule has 0 radical (unpaired) electrons. The summed E-state index contributed by atoms with van der Waals surface area (Å²) in [5.41, 5.74) is 14.3. The minimum Gasteiger partial charge on any atom is -0.118 e. The first-order chi connectivity index (χ1) is 21.6. The van der Waals surface area contributed by atoms with E-state index in [1.807, 2.05) is 18.2 Å². The standard InChI is InChI=1S/C43H39B/c1-5-8-17-32(4)42-29-39(30-43(41(42)16-7-3)35-20-10-9-11-21-35)36-22-14-23-37(28-36)40(15-6-2)38-25-24-33-18-12-13-19-34(33)26-27-44-31-38/h5-15,17-30,44H,1,3-4,16,31H2,2H3/b15-6-,17-8-,25-24+,27-26+,40-38-. The van der Waals surface area contributed by atoms with Crippen LogP contribution in [-0.4, -0.2) is 7.28 Å².